The molecule has 0 radical (unpaired) electrons. The first-order valence-corrected chi connectivity index (χ1v) is 8.43. The van der Waals surface area contributed by atoms with Crippen LogP contribution in [0.25, 0.3) is 0 Å². The number of benzene rings is 2. The Morgan fingerprint density at radius 2 is 1.91 bits per heavy atom. The Morgan fingerprint density at radius 3 is 2.61 bits per heavy atom. The molecule has 0 aromatic heterocycles. The standard InChI is InChI=1S/C17H19BrClNO3/c18-13-3-6-17(15(9-13)16(22)10-20-7-8-21)23-11-12-1-4-14(19)5-2-12/h1-6,9,16,20-22H,7-8,10-11H2. The fourth-order valence-electron chi connectivity index (χ4n) is 2.08. The Kier molecular flexibility index (Phi) is 7.33. The number of aliphatic hydroxyl groups is 2. The van der Waals surface area contributed by atoms with Gasteiger partial charge in [0.15, 0.2) is 0 Å². The average molecular weight is 401 g/mol. The summed E-state index contributed by atoms with van der Waals surface area (Å²) in [5.74, 6) is 0.626. The van der Waals surface area contributed by atoms with E-state index in [0.717, 1.165) is 10.0 Å². The summed E-state index contributed by atoms with van der Waals surface area (Å²) >= 11 is 9.28. The second-order valence-electron chi connectivity index (χ2n) is 5.04. The van der Waals surface area contributed by atoms with Crippen molar-refractivity contribution in [2.45, 2.75) is 12.7 Å². The number of rotatable bonds is 8. The minimum absolute atomic E-state index is 0.0329. The van der Waals surface area contributed by atoms with Gasteiger partial charge in [-0.2, -0.15) is 0 Å². The molecule has 2 aromatic rings. The van der Waals surface area contributed by atoms with Crippen LogP contribution in [-0.4, -0.2) is 29.9 Å². The van der Waals surface area contributed by atoms with Crippen molar-refractivity contribution >= 4 is 27.5 Å². The van der Waals surface area contributed by atoms with Gasteiger partial charge in [0.25, 0.3) is 0 Å². The number of halogens is 2. The molecule has 1 atom stereocenters. The summed E-state index contributed by atoms with van der Waals surface area (Å²) in [5.41, 5.74) is 1.69. The van der Waals surface area contributed by atoms with Gasteiger partial charge in [-0.25, -0.2) is 0 Å². The van der Waals surface area contributed by atoms with Crippen LogP contribution in [0, 0.1) is 0 Å². The zero-order chi connectivity index (χ0) is 16.7. The molecule has 0 fully saturated rings. The van der Waals surface area contributed by atoms with Crippen molar-refractivity contribution in [3.63, 3.8) is 0 Å². The molecular formula is C17H19BrClNO3. The fourth-order valence-corrected chi connectivity index (χ4v) is 2.59. The molecule has 2 rings (SSSR count). The molecule has 1 unspecified atom stereocenters. The van der Waals surface area contributed by atoms with Gasteiger partial charge in [0.05, 0.1) is 12.7 Å². The van der Waals surface area contributed by atoms with Gasteiger partial charge in [-0.05, 0) is 35.9 Å². The summed E-state index contributed by atoms with van der Waals surface area (Å²) in [4.78, 5) is 0. The van der Waals surface area contributed by atoms with Gasteiger partial charge >= 0.3 is 0 Å². The van der Waals surface area contributed by atoms with Gasteiger partial charge in [0, 0.05) is 28.1 Å². The van der Waals surface area contributed by atoms with Crippen molar-refractivity contribution in [2.24, 2.45) is 0 Å². The number of hydrogen-bond donors (Lipinski definition) is 3. The molecule has 124 valence electrons. The van der Waals surface area contributed by atoms with Crippen molar-refractivity contribution in [3.05, 3.63) is 63.1 Å². The quantitative estimate of drug-likeness (QED) is 0.595. The third-order valence-electron chi connectivity index (χ3n) is 3.26. The first-order valence-electron chi connectivity index (χ1n) is 7.26. The predicted molar refractivity (Wildman–Crippen MR) is 94.8 cm³/mol. The monoisotopic (exact) mass is 399 g/mol. The largest absolute Gasteiger partial charge is 0.489 e. The number of hydrogen-bond acceptors (Lipinski definition) is 4. The van der Waals surface area contributed by atoms with Crippen molar-refractivity contribution in [3.8, 4) is 5.75 Å². The van der Waals surface area contributed by atoms with Gasteiger partial charge in [0.2, 0.25) is 0 Å². The fraction of sp³-hybridized carbons (Fsp3) is 0.294. The normalized spacial score (nSPS) is 12.2. The second kappa shape index (κ2) is 9.25. The molecule has 3 N–H and O–H groups in total. The van der Waals surface area contributed by atoms with Gasteiger partial charge < -0.3 is 20.3 Å². The van der Waals surface area contributed by atoms with Crippen molar-refractivity contribution in [2.75, 3.05) is 19.7 Å². The lowest BCUT2D eigenvalue weighted by molar-refractivity contribution is 0.164. The first kappa shape index (κ1) is 18.2. The molecule has 2 aromatic carbocycles. The van der Waals surface area contributed by atoms with E-state index in [4.69, 9.17) is 21.4 Å². The summed E-state index contributed by atoms with van der Waals surface area (Å²) in [7, 11) is 0. The van der Waals surface area contributed by atoms with E-state index in [2.05, 4.69) is 21.2 Å². The zero-order valence-corrected chi connectivity index (χ0v) is 14.8. The van der Waals surface area contributed by atoms with E-state index in [1.807, 2.05) is 42.5 Å². The summed E-state index contributed by atoms with van der Waals surface area (Å²) in [6, 6.07) is 13.0. The van der Waals surface area contributed by atoms with E-state index in [1.165, 1.54) is 0 Å². The van der Waals surface area contributed by atoms with Crippen molar-refractivity contribution in [1.82, 2.24) is 5.32 Å². The summed E-state index contributed by atoms with van der Waals surface area (Å²) in [5, 5.41) is 22.8. The number of aliphatic hydroxyl groups excluding tert-OH is 2. The van der Waals surface area contributed by atoms with Crippen LogP contribution in [0.5, 0.6) is 5.75 Å². The molecule has 0 bridgehead atoms. The van der Waals surface area contributed by atoms with E-state index < -0.39 is 6.10 Å². The lowest BCUT2D eigenvalue weighted by atomic mass is 10.1. The van der Waals surface area contributed by atoms with Crippen LogP contribution < -0.4 is 10.1 Å². The smallest absolute Gasteiger partial charge is 0.125 e. The maximum absolute atomic E-state index is 10.3. The van der Waals surface area contributed by atoms with E-state index in [9.17, 15) is 5.11 Å². The van der Waals surface area contributed by atoms with Crippen LogP contribution in [0.3, 0.4) is 0 Å². The zero-order valence-electron chi connectivity index (χ0n) is 12.5. The summed E-state index contributed by atoms with van der Waals surface area (Å²) in [6.07, 6.45) is -0.723. The average Bonchev–Trinajstić information content (AvgIpc) is 2.55. The molecular weight excluding hydrogens is 382 g/mol. The molecule has 6 heteroatoms. The molecule has 0 amide bonds. The number of ether oxygens (including phenoxy) is 1. The predicted octanol–water partition coefficient (Wildman–Crippen LogP) is 3.30. The molecule has 0 aliphatic carbocycles. The molecule has 0 saturated carbocycles. The Hall–Kier alpha value is -1.11. The molecule has 0 saturated heterocycles. The van der Waals surface area contributed by atoms with Gasteiger partial charge in [-0.3, -0.25) is 0 Å². The molecule has 4 nitrogen and oxygen atoms in total. The second-order valence-corrected chi connectivity index (χ2v) is 6.39. The van der Waals surface area contributed by atoms with Gasteiger partial charge in [-0.1, -0.05) is 39.7 Å². The Balaban J connectivity index is 2.06. The van der Waals surface area contributed by atoms with Crippen LogP contribution in [0.2, 0.25) is 5.02 Å². The summed E-state index contributed by atoms with van der Waals surface area (Å²) in [6.45, 7) is 1.20. The van der Waals surface area contributed by atoms with Crippen LogP contribution in [0.15, 0.2) is 46.9 Å². The Morgan fingerprint density at radius 1 is 1.17 bits per heavy atom. The molecule has 0 aliphatic heterocycles. The molecule has 0 heterocycles. The lowest BCUT2D eigenvalue weighted by Crippen LogP contribution is -2.24. The maximum atomic E-state index is 10.3. The van der Waals surface area contributed by atoms with E-state index >= 15 is 0 Å². The molecule has 0 aliphatic rings. The number of nitrogens with one attached hydrogen (secondary N) is 1. The third kappa shape index (κ3) is 5.79. The van der Waals surface area contributed by atoms with Crippen LogP contribution in [-0.2, 0) is 6.61 Å². The van der Waals surface area contributed by atoms with E-state index in [-0.39, 0.29) is 6.61 Å². The Bertz CT molecular complexity index is 622. The summed E-state index contributed by atoms with van der Waals surface area (Å²) < 4.78 is 6.71. The Labute approximate surface area is 149 Å². The highest BCUT2D eigenvalue weighted by Crippen LogP contribution is 2.29. The molecule has 0 spiro atoms. The van der Waals surface area contributed by atoms with Crippen molar-refractivity contribution in [1.29, 1.82) is 0 Å². The lowest BCUT2D eigenvalue weighted by Gasteiger charge is -2.17. The first-order chi connectivity index (χ1) is 11.1. The highest BCUT2D eigenvalue weighted by molar-refractivity contribution is 9.10. The minimum atomic E-state index is -0.723. The maximum Gasteiger partial charge on any atom is 0.125 e. The highest BCUT2D eigenvalue weighted by atomic mass is 79.9. The topological polar surface area (TPSA) is 61.7 Å². The van der Waals surface area contributed by atoms with E-state index in [0.29, 0.717) is 36.0 Å². The van der Waals surface area contributed by atoms with Crippen molar-refractivity contribution < 1.29 is 14.9 Å². The SMILES string of the molecule is OCCNCC(O)c1cc(Br)ccc1OCc1ccc(Cl)cc1. The van der Waals surface area contributed by atoms with Crippen LogP contribution in [0.4, 0.5) is 0 Å². The van der Waals surface area contributed by atoms with E-state index in [1.54, 1.807) is 0 Å². The van der Waals surface area contributed by atoms with Crippen LogP contribution in [0.1, 0.15) is 17.2 Å². The third-order valence-corrected chi connectivity index (χ3v) is 4.01. The van der Waals surface area contributed by atoms with Gasteiger partial charge in [0.1, 0.15) is 12.4 Å². The highest BCUT2D eigenvalue weighted by Gasteiger charge is 2.14. The minimum Gasteiger partial charge on any atom is -0.489 e. The van der Waals surface area contributed by atoms with Gasteiger partial charge in [-0.15, -0.1) is 0 Å². The van der Waals surface area contributed by atoms with Crippen LogP contribution >= 0.6 is 27.5 Å². The molecule has 23 heavy (non-hydrogen) atoms.